The SMILES string of the molecule is Cc1cc(C(F)(F)F)ccc1C(C)(F)CC1COCCN1. The number of hydrogen-bond acceptors (Lipinski definition) is 2. The number of hydrogen-bond donors (Lipinski definition) is 1. The molecule has 1 fully saturated rings. The maximum Gasteiger partial charge on any atom is 0.416 e. The Morgan fingerprint density at radius 3 is 2.52 bits per heavy atom. The molecule has 0 bridgehead atoms. The minimum Gasteiger partial charge on any atom is -0.379 e. The van der Waals surface area contributed by atoms with Crippen LogP contribution in [0, 0.1) is 6.92 Å². The van der Waals surface area contributed by atoms with Crippen LogP contribution in [0.2, 0.25) is 0 Å². The van der Waals surface area contributed by atoms with Crippen LogP contribution in [-0.4, -0.2) is 25.8 Å². The highest BCUT2D eigenvalue weighted by Gasteiger charge is 2.35. The lowest BCUT2D eigenvalue weighted by Crippen LogP contribution is -2.44. The van der Waals surface area contributed by atoms with Gasteiger partial charge in [-0.1, -0.05) is 6.07 Å². The molecule has 2 unspecified atom stereocenters. The molecule has 1 N–H and O–H groups in total. The molecule has 2 nitrogen and oxygen atoms in total. The summed E-state index contributed by atoms with van der Waals surface area (Å²) in [6.45, 7) is 4.58. The number of benzene rings is 1. The quantitative estimate of drug-likeness (QED) is 0.862. The molecule has 21 heavy (non-hydrogen) atoms. The second-order valence-electron chi connectivity index (χ2n) is 5.65. The van der Waals surface area contributed by atoms with Crippen molar-refractivity contribution in [2.24, 2.45) is 0 Å². The van der Waals surface area contributed by atoms with E-state index in [-0.39, 0.29) is 12.5 Å². The standard InChI is InChI=1S/C15H19F4NO/c1-10-7-11(15(17,18)19)3-4-13(10)14(2,16)8-12-9-21-6-5-20-12/h3-4,7,12,20H,5-6,8-9H2,1-2H3. The van der Waals surface area contributed by atoms with Crippen LogP contribution in [0.3, 0.4) is 0 Å². The highest BCUT2D eigenvalue weighted by molar-refractivity contribution is 5.36. The first-order chi connectivity index (χ1) is 9.70. The van der Waals surface area contributed by atoms with E-state index in [2.05, 4.69) is 5.32 Å². The van der Waals surface area contributed by atoms with E-state index < -0.39 is 17.4 Å². The lowest BCUT2D eigenvalue weighted by molar-refractivity contribution is -0.137. The molecular formula is C15H19F4NO. The summed E-state index contributed by atoms with van der Waals surface area (Å²) in [7, 11) is 0. The van der Waals surface area contributed by atoms with Crippen LogP contribution in [0.25, 0.3) is 0 Å². The summed E-state index contributed by atoms with van der Waals surface area (Å²) in [5.41, 5.74) is -1.85. The Bertz CT molecular complexity index is 493. The number of halogens is 4. The Balaban J connectivity index is 2.19. The van der Waals surface area contributed by atoms with Crippen molar-refractivity contribution >= 4 is 0 Å². The molecule has 1 aliphatic rings. The molecule has 0 amide bonds. The van der Waals surface area contributed by atoms with Gasteiger partial charge in [0.2, 0.25) is 0 Å². The molecule has 1 aliphatic heterocycles. The smallest absolute Gasteiger partial charge is 0.379 e. The molecule has 0 saturated carbocycles. The Morgan fingerprint density at radius 1 is 1.29 bits per heavy atom. The van der Waals surface area contributed by atoms with E-state index in [4.69, 9.17) is 4.74 Å². The average Bonchev–Trinajstić information content (AvgIpc) is 2.37. The van der Waals surface area contributed by atoms with Crippen LogP contribution < -0.4 is 5.32 Å². The van der Waals surface area contributed by atoms with Crippen molar-refractivity contribution in [2.75, 3.05) is 19.8 Å². The zero-order valence-electron chi connectivity index (χ0n) is 12.1. The highest BCUT2D eigenvalue weighted by atomic mass is 19.4. The van der Waals surface area contributed by atoms with Crippen molar-refractivity contribution in [1.29, 1.82) is 0 Å². The lowest BCUT2D eigenvalue weighted by Gasteiger charge is -2.31. The van der Waals surface area contributed by atoms with Gasteiger partial charge in [0.05, 0.1) is 18.8 Å². The molecular weight excluding hydrogens is 286 g/mol. The Morgan fingerprint density at radius 2 is 2.00 bits per heavy atom. The van der Waals surface area contributed by atoms with Gasteiger partial charge in [-0.05, 0) is 37.1 Å². The number of nitrogens with one attached hydrogen (secondary N) is 1. The zero-order valence-corrected chi connectivity index (χ0v) is 12.1. The van der Waals surface area contributed by atoms with E-state index in [0.29, 0.717) is 30.9 Å². The van der Waals surface area contributed by atoms with Crippen LogP contribution in [0.15, 0.2) is 18.2 Å². The van der Waals surface area contributed by atoms with Crippen molar-refractivity contribution in [1.82, 2.24) is 5.32 Å². The molecule has 0 aromatic heterocycles. The highest BCUT2D eigenvalue weighted by Crippen LogP contribution is 2.36. The van der Waals surface area contributed by atoms with Gasteiger partial charge in [-0.25, -0.2) is 4.39 Å². The van der Waals surface area contributed by atoms with Gasteiger partial charge in [0, 0.05) is 19.0 Å². The molecule has 2 atom stereocenters. The zero-order chi connectivity index (χ0) is 15.7. The first kappa shape index (κ1) is 16.2. The fourth-order valence-corrected chi connectivity index (χ4v) is 2.75. The van der Waals surface area contributed by atoms with E-state index in [1.54, 1.807) is 0 Å². The van der Waals surface area contributed by atoms with Gasteiger partial charge in [0.15, 0.2) is 0 Å². The summed E-state index contributed by atoms with van der Waals surface area (Å²) in [6, 6.07) is 3.04. The Labute approximate surface area is 121 Å². The second kappa shape index (κ2) is 5.93. The van der Waals surface area contributed by atoms with Gasteiger partial charge in [-0.2, -0.15) is 13.2 Å². The fourth-order valence-electron chi connectivity index (χ4n) is 2.75. The molecule has 1 heterocycles. The molecule has 118 valence electrons. The van der Waals surface area contributed by atoms with E-state index in [1.165, 1.54) is 19.9 Å². The van der Waals surface area contributed by atoms with E-state index >= 15 is 0 Å². The predicted octanol–water partition coefficient (Wildman–Crippen LogP) is 3.58. The summed E-state index contributed by atoms with van der Waals surface area (Å²) in [5, 5.41) is 3.16. The number of alkyl halides is 4. The molecule has 6 heteroatoms. The van der Waals surface area contributed by atoms with Crippen LogP contribution >= 0.6 is 0 Å². The van der Waals surface area contributed by atoms with Crippen molar-refractivity contribution in [2.45, 2.75) is 38.2 Å². The van der Waals surface area contributed by atoms with E-state index in [9.17, 15) is 17.6 Å². The van der Waals surface area contributed by atoms with Gasteiger partial charge < -0.3 is 10.1 Å². The number of aryl methyl sites for hydroxylation is 1. The summed E-state index contributed by atoms with van der Waals surface area (Å²) in [6.07, 6.45) is -4.24. The van der Waals surface area contributed by atoms with Gasteiger partial charge in [-0.15, -0.1) is 0 Å². The largest absolute Gasteiger partial charge is 0.416 e. The maximum atomic E-state index is 14.9. The Hall–Kier alpha value is -1.14. The predicted molar refractivity (Wildman–Crippen MR) is 71.9 cm³/mol. The third kappa shape index (κ3) is 3.95. The molecule has 0 aliphatic carbocycles. The molecule has 1 aromatic rings. The lowest BCUT2D eigenvalue weighted by atomic mass is 9.87. The third-order valence-corrected chi connectivity index (χ3v) is 3.74. The van der Waals surface area contributed by atoms with Gasteiger partial charge >= 0.3 is 6.18 Å². The second-order valence-corrected chi connectivity index (χ2v) is 5.65. The summed E-state index contributed by atoms with van der Waals surface area (Å²) in [4.78, 5) is 0. The molecule has 1 saturated heterocycles. The minimum absolute atomic E-state index is 0.129. The molecule has 0 radical (unpaired) electrons. The maximum absolute atomic E-state index is 14.9. The van der Waals surface area contributed by atoms with Crippen molar-refractivity contribution in [3.8, 4) is 0 Å². The van der Waals surface area contributed by atoms with Crippen LogP contribution in [0.4, 0.5) is 17.6 Å². The van der Waals surface area contributed by atoms with E-state index in [0.717, 1.165) is 12.1 Å². The molecule has 1 aromatic carbocycles. The fraction of sp³-hybridized carbons (Fsp3) is 0.600. The van der Waals surface area contributed by atoms with E-state index in [1.807, 2.05) is 0 Å². The van der Waals surface area contributed by atoms with Gasteiger partial charge in [-0.3, -0.25) is 0 Å². The van der Waals surface area contributed by atoms with Crippen LogP contribution in [-0.2, 0) is 16.6 Å². The third-order valence-electron chi connectivity index (χ3n) is 3.74. The first-order valence-corrected chi connectivity index (χ1v) is 6.88. The van der Waals surface area contributed by atoms with Gasteiger partial charge in [0.1, 0.15) is 5.67 Å². The summed E-state index contributed by atoms with van der Waals surface area (Å²) in [5.74, 6) is 0. The van der Waals surface area contributed by atoms with Crippen molar-refractivity contribution < 1.29 is 22.3 Å². The van der Waals surface area contributed by atoms with Gasteiger partial charge in [0.25, 0.3) is 0 Å². The molecule has 2 rings (SSSR count). The monoisotopic (exact) mass is 305 g/mol. The number of morpholine rings is 1. The van der Waals surface area contributed by atoms with Crippen LogP contribution in [0.1, 0.15) is 30.0 Å². The number of ether oxygens (including phenoxy) is 1. The van der Waals surface area contributed by atoms with Crippen molar-refractivity contribution in [3.05, 3.63) is 34.9 Å². The minimum atomic E-state index is -4.41. The normalized spacial score (nSPS) is 22.9. The molecule has 0 spiro atoms. The van der Waals surface area contributed by atoms with Crippen LogP contribution in [0.5, 0.6) is 0 Å². The summed E-state index contributed by atoms with van der Waals surface area (Å²) < 4.78 is 58.1. The topological polar surface area (TPSA) is 21.3 Å². The first-order valence-electron chi connectivity index (χ1n) is 6.88. The summed E-state index contributed by atoms with van der Waals surface area (Å²) >= 11 is 0. The Kier molecular flexibility index (Phi) is 4.58. The average molecular weight is 305 g/mol. The number of rotatable bonds is 3. The van der Waals surface area contributed by atoms with Crippen molar-refractivity contribution in [3.63, 3.8) is 0 Å².